The summed E-state index contributed by atoms with van der Waals surface area (Å²) in [6, 6.07) is 7.34. The van der Waals surface area contributed by atoms with Gasteiger partial charge in [-0.2, -0.15) is 0 Å². The number of likely N-dealkylation sites (N-methyl/N-ethyl adjacent to an activating group) is 1. The highest BCUT2D eigenvalue weighted by Gasteiger charge is 2.30. The van der Waals surface area contributed by atoms with Crippen molar-refractivity contribution in [3.8, 4) is 0 Å². The normalized spacial score (nSPS) is 20.5. The molecule has 156 valence electrons. The van der Waals surface area contributed by atoms with Gasteiger partial charge in [-0.05, 0) is 69.2 Å². The van der Waals surface area contributed by atoms with E-state index in [0.29, 0.717) is 23.8 Å². The van der Waals surface area contributed by atoms with Gasteiger partial charge in [0.15, 0.2) is 0 Å². The third-order valence-electron chi connectivity index (χ3n) is 6.85. The van der Waals surface area contributed by atoms with Crippen LogP contribution in [0.25, 0.3) is 0 Å². The van der Waals surface area contributed by atoms with Crippen LogP contribution in [0.1, 0.15) is 64.4 Å². The molecule has 1 saturated carbocycles. The highest BCUT2D eigenvalue weighted by atomic mass is 19.1. The van der Waals surface area contributed by atoms with E-state index in [4.69, 9.17) is 0 Å². The van der Waals surface area contributed by atoms with Gasteiger partial charge in [-0.1, -0.05) is 38.3 Å². The first-order valence-electron chi connectivity index (χ1n) is 11.3. The second-order valence-electron chi connectivity index (χ2n) is 8.87. The Balaban J connectivity index is 1.45. The van der Waals surface area contributed by atoms with Crippen LogP contribution in [-0.4, -0.2) is 47.9 Å². The van der Waals surface area contributed by atoms with E-state index in [9.17, 15) is 9.18 Å². The first-order chi connectivity index (χ1) is 13.6. The van der Waals surface area contributed by atoms with E-state index in [-0.39, 0.29) is 5.82 Å². The van der Waals surface area contributed by atoms with Crippen LogP contribution in [-0.2, 0) is 11.2 Å². The van der Waals surface area contributed by atoms with Gasteiger partial charge in [-0.3, -0.25) is 4.79 Å². The summed E-state index contributed by atoms with van der Waals surface area (Å²) in [6.45, 7) is 8.50. The predicted molar refractivity (Wildman–Crippen MR) is 113 cm³/mol. The molecule has 0 spiro atoms. The number of rotatable bonds is 7. The van der Waals surface area contributed by atoms with Crippen LogP contribution >= 0.6 is 0 Å². The Morgan fingerprint density at radius 1 is 1.11 bits per heavy atom. The molecular weight excluding hydrogens is 351 g/mol. The Morgan fingerprint density at radius 2 is 1.75 bits per heavy atom. The molecule has 0 radical (unpaired) electrons. The fourth-order valence-corrected chi connectivity index (χ4v) is 4.99. The van der Waals surface area contributed by atoms with Crippen LogP contribution < -0.4 is 0 Å². The molecule has 28 heavy (non-hydrogen) atoms. The van der Waals surface area contributed by atoms with Gasteiger partial charge in [-0.15, -0.1) is 0 Å². The fraction of sp³-hybridized carbons (Fsp3) is 0.708. The van der Waals surface area contributed by atoms with Gasteiger partial charge < -0.3 is 9.80 Å². The number of hydrogen-bond acceptors (Lipinski definition) is 2. The zero-order valence-corrected chi connectivity index (χ0v) is 17.7. The number of carbonyl (C=O) groups excluding carboxylic acids is 1. The number of halogens is 1. The molecule has 1 atom stereocenters. The van der Waals surface area contributed by atoms with Crippen LogP contribution in [0.3, 0.4) is 0 Å². The Morgan fingerprint density at radius 3 is 2.36 bits per heavy atom. The number of benzene rings is 1. The van der Waals surface area contributed by atoms with Crippen molar-refractivity contribution < 1.29 is 9.18 Å². The van der Waals surface area contributed by atoms with Crippen LogP contribution in [0.15, 0.2) is 24.3 Å². The summed E-state index contributed by atoms with van der Waals surface area (Å²) in [5.74, 6) is 1.23. The lowest BCUT2D eigenvalue weighted by atomic mass is 9.87. The van der Waals surface area contributed by atoms with E-state index < -0.39 is 0 Å². The predicted octanol–water partition coefficient (Wildman–Crippen LogP) is 4.90. The van der Waals surface area contributed by atoms with Crippen LogP contribution in [0.5, 0.6) is 0 Å². The molecule has 4 heteroatoms. The van der Waals surface area contributed by atoms with Crippen molar-refractivity contribution >= 4 is 5.91 Å². The van der Waals surface area contributed by atoms with Crippen molar-refractivity contribution in [1.29, 1.82) is 0 Å². The minimum atomic E-state index is -0.168. The van der Waals surface area contributed by atoms with Crippen molar-refractivity contribution in [3.63, 3.8) is 0 Å². The Kier molecular flexibility index (Phi) is 7.90. The highest BCUT2D eigenvalue weighted by Crippen LogP contribution is 2.28. The van der Waals surface area contributed by atoms with Crippen molar-refractivity contribution in [2.75, 3.05) is 26.2 Å². The number of nitrogens with zero attached hydrogens (tertiary/aromatic N) is 2. The molecule has 1 aromatic carbocycles. The van der Waals surface area contributed by atoms with E-state index in [1.165, 1.54) is 24.8 Å². The number of amides is 1. The lowest BCUT2D eigenvalue weighted by Crippen LogP contribution is -2.45. The second-order valence-corrected chi connectivity index (χ2v) is 8.87. The molecule has 0 aromatic heterocycles. The highest BCUT2D eigenvalue weighted by molar-refractivity contribution is 5.79. The summed E-state index contributed by atoms with van der Waals surface area (Å²) in [6.07, 6.45) is 9.15. The van der Waals surface area contributed by atoms with Gasteiger partial charge in [0, 0.05) is 31.6 Å². The third-order valence-corrected chi connectivity index (χ3v) is 6.85. The summed E-state index contributed by atoms with van der Waals surface area (Å²) in [5, 5.41) is 0. The van der Waals surface area contributed by atoms with Crippen molar-refractivity contribution in [2.24, 2.45) is 11.8 Å². The van der Waals surface area contributed by atoms with Crippen molar-refractivity contribution in [1.82, 2.24) is 9.80 Å². The standard InChI is InChI=1S/C24H37FN2O/c1-3-26(19(2)17-20-9-11-23(25)12-10-20)18-21-13-15-27(16-14-21)24(28)22-7-5-4-6-8-22/h9-12,19,21-22H,3-8,13-18H2,1-2H3/t19-/m0/s1. The van der Waals surface area contributed by atoms with E-state index in [2.05, 4.69) is 23.6 Å². The summed E-state index contributed by atoms with van der Waals surface area (Å²) in [5.41, 5.74) is 1.19. The molecule has 1 aromatic rings. The molecule has 3 rings (SSSR count). The van der Waals surface area contributed by atoms with Gasteiger partial charge in [0.1, 0.15) is 5.82 Å². The molecule has 1 saturated heterocycles. The Bertz CT molecular complexity index is 604. The Labute approximate surface area is 170 Å². The van der Waals surface area contributed by atoms with E-state index in [1.807, 2.05) is 12.1 Å². The molecule has 2 aliphatic rings. The molecule has 3 nitrogen and oxygen atoms in total. The average Bonchev–Trinajstić information content (AvgIpc) is 2.74. The maximum absolute atomic E-state index is 13.1. The smallest absolute Gasteiger partial charge is 0.225 e. The lowest BCUT2D eigenvalue weighted by Gasteiger charge is -2.38. The monoisotopic (exact) mass is 388 g/mol. The van der Waals surface area contributed by atoms with E-state index >= 15 is 0 Å². The number of hydrogen-bond donors (Lipinski definition) is 0. The maximum Gasteiger partial charge on any atom is 0.225 e. The quantitative estimate of drug-likeness (QED) is 0.663. The molecule has 0 bridgehead atoms. The third kappa shape index (κ3) is 5.79. The molecule has 2 fully saturated rings. The van der Waals surface area contributed by atoms with Gasteiger partial charge in [0.05, 0.1) is 0 Å². The van der Waals surface area contributed by atoms with E-state index in [0.717, 1.165) is 58.3 Å². The summed E-state index contributed by atoms with van der Waals surface area (Å²) >= 11 is 0. The van der Waals surface area contributed by atoms with Crippen LogP contribution in [0.2, 0.25) is 0 Å². The SMILES string of the molecule is CCN(CC1CCN(C(=O)C2CCCCC2)CC1)[C@@H](C)Cc1ccc(F)cc1. The van der Waals surface area contributed by atoms with Crippen LogP contribution in [0, 0.1) is 17.7 Å². The topological polar surface area (TPSA) is 23.6 Å². The zero-order chi connectivity index (χ0) is 19.9. The number of likely N-dealkylation sites (tertiary alicyclic amines) is 1. The largest absolute Gasteiger partial charge is 0.342 e. The van der Waals surface area contributed by atoms with Crippen molar-refractivity contribution in [3.05, 3.63) is 35.6 Å². The summed E-state index contributed by atoms with van der Waals surface area (Å²) in [4.78, 5) is 17.5. The molecule has 1 amide bonds. The summed E-state index contributed by atoms with van der Waals surface area (Å²) in [7, 11) is 0. The molecule has 1 heterocycles. The summed E-state index contributed by atoms with van der Waals surface area (Å²) < 4.78 is 13.1. The maximum atomic E-state index is 13.1. The van der Waals surface area contributed by atoms with Gasteiger partial charge in [-0.25, -0.2) is 4.39 Å². The zero-order valence-electron chi connectivity index (χ0n) is 17.7. The lowest BCUT2D eigenvalue weighted by molar-refractivity contribution is -0.138. The number of carbonyl (C=O) groups is 1. The molecule has 1 aliphatic carbocycles. The average molecular weight is 389 g/mol. The van der Waals surface area contributed by atoms with Gasteiger partial charge in [0.2, 0.25) is 5.91 Å². The van der Waals surface area contributed by atoms with Crippen molar-refractivity contribution in [2.45, 2.75) is 71.3 Å². The molecular formula is C24H37FN2O. The fourth-order valence-electron chi connectivity index (χ4n) is 4.99. The second kappa shape index (κ2) is 10.4. The first-order valence-corrected chi connectivity index (χ1v) is 11.3. The van der Waals surface area contributed by atoms with Gasteiger partial charge in [0.25, 0.3) is 0 Å². The van der Waals surface area contributed by atoms with Crippen LogP contribution in [0.4, 0.5) is 4.39 Å². The molecule has 0 unspecified atom stereocenters. The molecule has 1 aliphatic heterocycles. The minimum Gasteiger partial charge on any atom is -0.342 e. The first kappa shape index (κ1) is 21.3. The molecule has 0 N–H and O–H groups in total. The number of piperidine rings is 1. The Hall–Kier alpha value is -1.42. The van der Waals surface area contributed by atoms with Gasteiger partial charge >= 0.3 is 0 Å². The van der Waals surface area contributed by atoms with E-state index in [1.54, 1.807) is 12.1 Å². The minimum absolute atomic E-state index is 0.168.